The Balaban J connectivity index is 0.000000521. The fourth-order valence-corrected chi connectivity index (χ4v) is 5.73. The Kier molecular flexibility index (Phi) is 15.7. The van der Waals surface area contributed by atoms with E-state index < -0.39 is 40.4 Å². The highest BCUT2D eigenvalue weighted by Crippen LogP contribution is 2.20. The number of carbonyl (C=O) groups is 2. The van der Waals surface area contributed by atoms with E-state index in [0.717, 1.165) is 25.1 Å². The zero-order chi connectivity index (χ0) is 37.5. The Morgan fingerprint density at radius 1 is 0.880 bits per heavy atom. The molecule has 11 nitrogen and oxygen atoms in total. The highest BCUT2D eigenvalue weighted by Gasteiger charge is 2.38. The van der Waals surface area contributed by atoms with Gasteiger partial charge < -0.3 is 26.0 Å². The number of carboxylic acids is 2. The number of nitrogens with two attached hydrogens (primary N) is 1. The maximum atomic E-state index is 13.0. The van der Waals surface area contributed by atoms with Crippen molar-refractivity contribution in [2.24, 2.45) is 11.7 Å². The predicted octanol–water partition coefficient (Wildman–Crippen LogP) is 4.75. The molecule has 1 saturated heterocycles. The number of hydrogen-bond donors (Lipinski definition) is 6. The Bertz CT molecular complexity index is 1630. The summed E-state index contributed by atoms with van der Waals surface area (Å²) >= 11 is 0. The number of alkyl halides is 6. The van der Waals surface area contributed by atoms with E-state index in [4.69, 9.17) is 35.7 Å². The minimum Gasteiger partial charge on any atom is -0.492 e. The number of nitrogen functional groups attached to an aromatic ring is 1. The lowest BCUT2D eigenvalue weighted by Gasteiger charge is -2.23. The number of halogens is 6. The zero-order valence-corrected chi connectivity index (χ0v) is 27.1. The van der Waals surface area contributed by atoms with Gasteiger partial charge in [-0.3, -0.25) is 5.41 Å². The second kappa shape index (κ2) is 18.9. The lowest BCUT2D eigenvalue weighted by atomic mass is 9.90. The Morgan fingerprint density at radius 2 is 1.40 bits per heavy atom. The SMILES string of the molecule is N=C(N)c1cccc(OC[C@H](Cc2ccc(CC3CCNCC3)cc2)NS(=O)(=O)c2ccccc2)c1.O=C(O)C(F)(F)F.O=C(O)C(F)(F)F. The maximum Gasteiger partial charge on any atom is 0.490 e. The van der Waals surface area contributed by atoms with Gasteiger partial charge in [0.25, 0.3) is 0 Å². The molecule has 3 aromatic carbocycles. The third-order valence-corrected chi connectivity index (χ3v) is 8.48. The standard InChI is InChI=1S/C28H34N4O3S.2C2HF3O2/c29-28(30)24-5-4-6-26(19-24)35-20-25(32-36(33,34)27-7-2-1-3-8-27)18-22-11-9-21(10-12-22)17-23-13-15-31-16-14-23;2*3-2(4,5)1(6)7/h1-12,19,23,25,31-32H,13-18,20H2,(H3,29,30);2*(H,6,7)/t25-;;/m0../s1. The molecule has 1 aliphatic rings. The molecule has 0 aromatic heterocycles. The molecule has 0 bridgehead atoms. The minimum absolute atomic E-state index is 0.0497. The number of carboxylic acid groups (broad SMARTS) is 2. The third-order valence-electron chi connectivity index (χ3n) is 6.94. The van der Waals surface area contributed by atoms with Crippen LogP contribution in [0.3, 0.4) is 0 Å². The lowest BCUT2D eigenvalue weighted by molar-refractivity contribution is -0.193. The monoisotopic (exact) mass is 734 g/mol. The molecule has 0 saturated carbocycles. The van der Waals surface area contributed by atoms with Gasteiger partial charge in [0.1, 0.15) is 18.2 Å². The molecule has 7 N–H and O–H groups in total. The first-order chi connectivity index (χ1) is 23.3. The van der Waals surface area contributed by atoms with Crippen molar-refractivity contribution in [1.82, 2.24) is 10.0 Å². The predicted molar refractivity (Wildman–Crippen MR) is 170 cm³/mol. The Hall–Kier alpha value is -4.68. The summed E-state index contributed by atoms with van der Waals surface area (Å²) in [5.41, 5.74) is 8.49. The van der Waals surface area contributed by atoms with Crippen LogP contribution in [0, 0.1) is 11.3 Å². The summed E-state index contributed by atoms with van der Waals surface area (Å²) in [6.07, 6.45) is -6.21. The van der Waals surface area contributed by atoms with Crippen LogP contribution in [-0.4, -0.2) is 74.5 Å². The van der Waals surface area contributed by atoms with Gasteiger partial charge >= 0.3 is 24.3 Å². The van der Waals surface area contributed by atoms with Gasteiger partial charge in [0.05, 0.1) is 10.9 Å². The number of ether oxygens (including phenoxy) is 1. The van der Waals surface area contributed by atoms with Crippen molar-refractivity contribution in [2.75, 3.05) is 19.7 Å². The van der Waals surface area contributed by atoms with Crippen molar-refractivity contribution in [1.29, 1.82) is 5.41 Å². The number of amidine groups is 1. The molecule has 0 aliphatic carbocycles. The first-order valence-corrected chi connectivity index (χ1v) is 16.3. The summed E-state index contributed by atoms with van der Waals surface area (Å²) < 4.78 is 98.3. The van der Waals surface area contributed by atoms with Gasteiger partial charge in [0, 0.05) is 5.56 Å². The fraction of sp³-hybridized carbons (Fsp3) is 0.344. The van der Waals surface area contributed by atoms with Crippen molar-refractivity contribution >= 4 is 27.8 Å². The lowest BCUT2D eigenvalue weighted by Crippen LogP contribution is -2.40. The fourth-order valence-electron chi connectivity index (χ4n) is 4.49. The summed E-state index contributed by atoms with van der Waals surface area (Å²) in [6.45, 7) is 2.30. The molecule has 0 unspecified atom stereocenters. The van der Waals surface area contributed by atoms with E-state index in [2.05, 4.69) is 34.3 Å². The van der Waals surface area contributed by atoms with E-state index in [1.165, 1.54) is 18.4 Å². The number of aliphatic carboxylic acids is 2. The summed E-state index contributed by atoms with van der Waals surface area (Å²) in [4.78, 5) is 18.0. The molecule has 50 heavy (non-hydrogen) atoms. The topological polar surface area (TPSA) is 192 Å². The molecule has 1 atom stereocenters. The number of piperidine rings is 1. The van der Waals surface area contributed by atoms with E-state index in [-0.39, 0.29) is 17.3 Å². The van der Waals surface area contributed by atoms with Crippen LogP contribution in [0.4, 0.5) is 26.3 Å². The summed E-state index contributed by atoms with van der Waals surface area (Å²) in [7, 11) is -3.72. The molecular formula is C32H36F6N4O7S. The molecular weight excluding hydrogens is 698 g/mol. The zero-order valence-electron chi connectivity index (χ0n) is 26.3. The highest BCUT2D eigenvalue weighted by molar-refractivity contribution is 7.89. The summed E-state index contributed by atoms with van der Waals surface area (Å²) in [5, 5.41) is 25.3. The second-order valence-corrected chi connectivity index (χ2v) is 12.6. The van der Waals surface area contributed by atoms with E-state index in [0.29, 0.717) is 23.7 Å². The van der Waals surface area contributed by atoms with Gasteiger partial charge in [-0.05, 0) is 80.1 Å². The van der Waals surface area contributed by atoms with Gasteiger partial charge in [-0.15, -0.1) is 0 Å². The first-order valence-electron chi connectivity index (χ1n) is 14.8. The van der Waals surface area contributed by atoms with Crippen LogP contribution in [-0.2, 0) is 32.5 Å². The van der Waals surface area contributed by atoms with Gasteiger partial charge in [0.2, 0.25) is 10.0 Å². The molecule has 0 radical (unpaired) electrons. The van der Waals surface area contributed by atoms with Crippen LogP contribution in [0.15, 0.2) is 83.8 Å². The van der Waals surface area contributed by atoms with E-state index in [1.807, 2.05) is 0 Å². The molecule has 18 heteroatoms. The molecule has 0 spiro atoms. The van der Waals surface area contributed by atoms with Crippen LogP contribution in [0.1, 0.15) is 29.5 Å². The van der Waals surface area contributed by atoms with Crippen molar-refractivity contribution in [3.05, 3.63) is 95.6 Å². The molecule has 0 amide bonds. The number of sulfonamides is 1. The van der Waals surface area contributed by atoms with Crippen molar-refractivity contribution in [3.63, 3.8) is 0 Å². The van der Waals surface area contributed by atoms with Crippen LogP contribution in [0.25, 0.3) is 0 Å². The number of benzene rings is 3. The van der Waals surface area contributed by atoms with Gasteiger partial charge in [0.15, 0.2) is 0 Å². The van der Waals surface area contributed by atoms with E-state index in [1.54, 1.807) is 54.6 Å². The molecule has 274 valence electrons. The number of rotatable bonds is 11. The average molecular weight is 735 g/mol. The Morgan fingerprint density at radius 3 is 1.90 bits per heavy atom. The molecule has 1 fully saturated rings. The quantitative estimate of drug-likeness (QED) is 0.0917. The van der Waals surface area contributed by atoms with E-state index in [9.17, 15) is 34.8 Å². The van der Waals surface area contributed by atoms with Crippen molar-refractivity contribution < 1.29 is 59.3 Å². The second-order valence-electron chi connectivity index (χ2n) is 10.9. The Labute approximate surface area is 284 Å². The number of nitrogens with one attached hydrogen (secondary N) is 3. The van der Waals surface area contributed by atoms with Crippen LogP contribution >= 0.6 is 0 Å². The highest BCUT2D eigenvalue weighted by atomic mass is 32.2. The minimum atomic E-state index is -5.08. The number of hydrogen-bond acceptors (Lipinski definition) is 7. The third kappa shape index (κ3) is 15.3. The molecule has 3 aromatic rings. The first kappa shape index (κ1) is 41.5. The smallest absolute Gasteiger partial charge is 0.490 e. The van der Waals surface area contributed by atoms with Gasteiger partial charge in [-0.2, -0.15) is 26.3 Å². The maximum absolute atomic E-state index is 13.0. The summed E-state index contributed by atoms with van der Waals surface area (Å²) in [5.74, 6) is -4.32. The van der Waals surface area contributed by atoms with Crippen LogP contribution in [0.5, 0.6) is 5.75 Å². The van der Waals surface area contributed by atoms with Gasteiger partial charge in [-0.25, -0.2) is 22.7 Å². The molecule has 4 rings (SSSR count). The van der Waals surface area contributed by atoms with Crippen LogP contribution in [0.2, 0.25) is 0 Å². The van der Waals surface area contributed by atoms with Crippen molar-refractivity contribution in [3.8, 4) is 5.75 Å². The van der Waals surface area contributed by atoms with Gasteiger partial charge in [-0.1, -0.05) is 54.6 Å². The van der Waals surface area contributed by atoms with E-state index >= 15 is 0 Å². The van der Waals surface area contributed by atoms with Crippen molar-refractivity contribution in [2.45, 2.75) is 49.0 Å². The average Bonchev–Trinajstić information content (AvgIpc) is 3.05. The molecule has 1 heterocycles. The normalized spacial score (nSPS) is 14.2. The largest absolute Gasteiger partial charge is 0.492 e. The molecule has 1 aliphatic heterocycles. The van der Waals surface area contributed by atoms with Crippen LogP contribution < -0.4 is 20.5 Å². The summed E-state index contributed by atoms with van der Waals surface area (Å²) in [6, 6.07) is 23.2.